The van der Waals surface area contributed by atoms with Crippen LogP contribution in [-0.4, -0.2) is 16.7 Å². The monoisotopic (exact) mass is 309 g/mol. The van der Waals surface area contributed by atoms with Crippen molar-refractivity contribution in [3.63, 3.8) is 0 Å². The van der Waals surface area contributed by atoms with Gasteiger partial charge in [0.05, 0.1) is 11.3 Å². The lowest BCUT2D eigenvalue weighted by atomic mass is 10.0. The van der Waals surface area contributed by atoms with Crippen LogP contribution in [0.15, 0.2) is 42.3 Å². The molecule has 0 spiro atoms. The smallest absolute Gasteiger partial charge is 0.310 e. The summed E-state index contributed by atoms with van der Waals surface area (Å²) in [4.78, 5) is 28.0. The fraction of sp³-hybridized carbons (Fsp3) is 0.167. The summed E-state index contributed by atoms with van der Waals surface area (Å²) in [6.07, 6.45) is 3.52. The van der Waals surface area contributed by atoms with Crippen molar-refractivity contribution >= 4 is 17.8 Å². The zero-order chi connectivity index (χ0) is 16.4. The summed E-state index contributed by atoms with van der Waals surface area (Å²) in [5.74, 6) is 0.450. The Balaban J connectivity index is 1.94. The van der Waals surface area contributed by atoms with E-state index in [1.165, 1.54) is 0 Å². The molecule has 1 aromatic carbocycles. The van der Waals surface area contributed by atoms with Crippen molar-refractivity contribution in [1.82, 2.24) is 4.98 Å². The molecule has 1 aromatic heterocycles. The van der Waals surface area contributed by atoms with E-state index in [1.807, 2.05) is 6.07 Å². The van der Waals surface area contributed by atoms with Gasteiger partial charge >= 0.3 is 5.97 Å². The van der Waals surface area contributed by atoms with E-state index in [9.17, 15) is 9.59 Å². The van der Waals surface area contributed by atoms with Gasteiger partial charge in [0.2, 0.25) is 5.78 Å². The Hall–Kier alpha value is -2.95. The maximum Gasteiger partial charge on any atom is 0.310 e. The van der Waals surface area contributed by atoms with Gasteiger partial charge in [0.1, 0.15) is 11.5 Å². The van der Waals surface area contributed by atoms with Gasteiger partial charge in [-0.05, 0) is 30.7 Å². The molecular weight excluding hydrogens is 294 g/mol. The first-order valence-electron chi connectivity index (χ1n) is 7.29. The van der Waals surface area contributed by atoms with Gasteiger partial charge in [0.25, 0.3) is 0 Å². The fourth-order valence-corrected chi connectivity index (χ4v) is 2.34. The lowest BCUT2D eigenvalue weighted by molar-refractivity contribution is -0.134. The molecular formula is C18H15NO4. The number of hydrogen-bond acceptors (Lipinski definition) is 5. The first-order valence-corrected chi connectivity index (χ1v) is 7.29. The van der Waals surface area contributed by atoms with Gasteiger partial charge in [-0.2, -0.15) is 0 Å². The minimum atomic E-state index is -0.335. The number of rotatable bonds is 3. The number of fused-ring (bicyclic) bond motifs is 1. The molecule has 23 heavy (non-hydrogen) atoms. The standard InChI is InChI=1S/C18H15NO4/c1-3-16(20)22-13-8-11(2)17-14(10-13)23-15(18(17)21)9-12-6-4-5-7-19-12/h4-10H,3H2,1-2H3/b15-9-. The van der Waals surface area contributed by atoms with Gasteiger partial charge in [0.15, 0.2) is 5.76 Å². The second kappa shape index (κ2) is 6.04. The molecule has 0 saturated heterocycles. The van der Waals surface area contributed by atoms with E-state index >= 15 is 0 Å². The van der Waals surface area contributed by atoms with Gasteiger partial charge in [-0.15, -0.1) is 0 Å². The van der Waals surface area contributed by atoms with E-state index in [1.54, 1.807) is 50.4 Å². The van der Waals surface area contributed by atoms with E-state index in [2.05, 4.69) is 4.98 Å². The van der Waals surface area contributed by atoms with Crippen molar-refractivity contribution in [3.05, 3.63) is 59.1 Å². The minimum absolute atomic E-state index is 0.198. The van der Waals surface area contributed by atoms with Crippen molar-refractivity contribution < 1.29 is 19.1 Å². The molecule has 0 N–H and O–H groups in total. The summed E-state index contributed by atoms with van der Waals surface area (Å²) < 4.78 is 10.8. The van der Waals surface area contributed by atoms with Crippen LogP contribution in [0.1, 0.15) is 35.0 Å². The van der Waals surface area contributed by atoms with E-state index in [-0.39, 0.29) is 23.9 Å². The number of carbonyl (C=O) groups is 2. The third kappa shape index (κ3) is 2.99. The average molecular weight is 309 g/mol. The molecule has 116 valence electrons. The van der Waals surface area contributed by atoms with Crippen LogP contribution in [0, 0.1) is 6.92 Å². The highest BCUT2D eigenvalue weighted by Crippen LogP contribution is 2.37. The third-order valence-corrected chi connectivity index (χ3v) is 3.43. The highest BCUT2D eigenvalue weighted by atomic mass is 16.5. The lowest BCUT2D eigenvalue weighted by Gasteiger charge is -2.06. The zero-order valence-electron chi connectivity index (χ0n) is 12.8. The number of allylic oxidation sites excluding steroid dienone is 1. The molecule has 1 aliphatic rings. The Labute approximate surface area is 133 Å². The molecule has 0 atom stereocenters. The quantitative estimate of drug-likeness (QED) is 0.494. The maximum absolute atomic E-state index is 12.5. The molecule has 5 heteroatoms. The van der Waals surface area contributed by atoms with Crippen LogP contribution in [0.2, 0.25) is 0 Å². The number of carbonyl (C=O) groups excluding carboxylic acids is 2. The number of nitrogens with zero attached hydrogens (tertiary/aromatic N) is 1. The van der Waals surface area contributed by atoms with E-state index in [0.717, 1.165) is 0 Å². The molecule has 0 amide bonds. The fourth-order valence-electron chi connectivity index (χ4n) is 2.34. The average Bonchev–Trinajstić information content (AvgIpc) is 2.84. The molecule has 5 nitrogen and oxygen atoms in total. The number of aryl methyl sites for hydroxylation is 1. The number of benzene rings is 1. The minimum Gasteiger partial charge on any atom is -0.452 e. The number of Topliss-reactive ketones (excluding diaryl/α,β-unsaturated/α-hetero) is 1. The summed E-state index contributed by atoms with van der Waals surface area (Å²) >= 11 is 0. The van der Waals surface area contributed by atoms with Crippen LogP contribution >= 0.6 is 0 Å². The first kappa shape index (κ1) is 15.0. The highest BCUT2D eigenvalue weighted by Gasteiger charge is 2.30. The van der Waals surface area contributed by atoms with Crippen LogP contribution < -0.4 is 9.47 Å². The number of esters is 1. The maximum atomic E-state index is 12.5. The topological polar surface area (TPSA) is 65.5 Å². The van der Waals surface area contributed by atoms with Crippen LogP contribution in [0.4, 0.5) is 0 Å². The van der Waals surface area contributed by atoms with Crippen molar-refractivity contribution in [1.29, 1.82) is 0 Å². The third-order valence-electron chi connectivity index (χ3n) is 3.43. The largest absolute Gasteiger partial charge is 0.452 e. The van der Waals surface area contributed by atoms with E-state index < -0.39 is 0 Å². The molecule has 0 saturated carbocycles. The van der Waals surface area contributed by atoms with E-state index in [0.29, 0.717) is 28.3 Å². The molecule has 0 bridgehead atoms. The summed E-state index contributed by atoms with van der Waals surface area (Å²) in [7, 11) is 0. The molecule has 0 aliphatic carbocycles. The van der Waals surface area contributed by atoms with Gasteiger partial charge in [0, 0.05) is 24.8 Å². The normalized spacial score (nSPS) is 14.5. The van der Waals surface area contributed by atoms with Gasteiger partial charge in [-0.3, -0.25) is 14.6 Å². The number of ether oxygens (including phenoxy) is 2. The summed E-state index contributed by atoms with van der Waals surface area (Å²) in [6.45, 7) is 3.50. The van der Waals surface area contributed by atoms with Crippen molar-refractivity contribution in [3.8, 4) is 11.5 Å². The van der Waals surface area contributed by atoms with Gasteiger partial charge in [-0.25, -0.2) is 0 Å². The molecule has 0 unspecified atom stereocenters. The molecule has 0 fully saturated rings. The highest BCUT2D eigenvalue weighted by molar-refractivity contribution is 6.15. The second-order valence-electron chi connectivity index (χ2n) is 5.14. The predicted octanol–water partition coefficient (Wildman–Crippen LogP) is 3.32. The van der Waals surface area contributed by atoms with Crippen molar-refractivity contribution in [2.75, 3.05) is 0 Å². The second-order valence-corrected chi connectivity index (χ2v) is 5.14. The van der Waals surface area contributed by atoms with Crippen LogP contribution in [0.5, 0.6) is 11.5 Å². The number of ketones is 1. The van der Waals surface area contributed by atoms with E-state index in [4.69, 9.17) is 9.47 Å². The Bertz CT molecular complexity index is 809. The van der Waals surface area contributed by atoms with Crippen LogP contribution in [0.25, 0.3) is 6.08 Å². The molecule has 3 rings (SSSR count). The Morgan fingerprint density at radius 1 is 1.35 bits per heavy atom. The lowest BCUT2D eigenvalue weighted by Crippen LogP contribution is -2.06. The summed E-state index contributed by atoms with van der Waals surface area (Å²) in [6, 6.07) is 8.64. The Morgan fingerprint density at radius 3 is 2.87 bits per heavy atom. The van der Waals surface area contributed by atoms with Gasteiger partial charge < -0.3 is 9.47 Å². The molecule has 0 radical (unpaired) electrons. The molecule has 1 aliphatic heterocycles. The van der Waals surface area contributed by atoms with Gasteiger partial charge in [-0.1, -0.05) is 13.0 Å². The van der Waals surface area contributed by atoms with Crippen LogP contribution in [-0.2, 0) is 4.79 Å². The first-order chi connectivity index (χ1) is 11.1. The predicted molar refractivity (Wildman–Crippen MR) is 84.3 cm³/mol. The van der Waals surface area contributed by atoms with Crippen molar-refractivity contribution in [2.45, 2.75) is 20.3 Å². The van der Waals surface area contributed by atoms with Crippen LogP contribution in [0.3, 0.4) is 0 Å². The Kier molecular flexibility index (Phi) is 3.93. The number of aromatic nitrogens is 1. The Morgan fingerprint density at radius 2 is 2.17 bits per heavy atom. The zero-order valence-corrected chi connectivity index (χ0v) is 12.8. The number of hydrogen-bond donors (Lipinski definition) is 0. The number of pyridine rings is 1. The summed E-state index contributed by atoms with van der Waals surface area (Å²) in [5.41, 5.74) is 1.83. The summed E-state index contributed by atoms with van der Waals surface area (Å²) in [5, 5.41) is 0. The molecule has 2 aromatic rings. The van der Waals surface area contributed by atoms with Crippen molar-refractivity contribution in [2.24, 2.45) is 0 Å². The molecule has 2 heterocycles. The SMILES string of the molecule is CCC(=O)Oc1cc(C)c2c(c1)O/C(=C\c1ccccn1)C2=O.